The number of hydrogen-bond donors (Lipinski definition) is 1. The van der Waals surface area contributed by atoms with Gasteiger partial charge in [-0.3, -0.25) is 4.79 Å². The summed E-state index contributed by atoms with van der Waals surface area (Å²) in [5.74, 6) is 1.32. The van der Waals surface area contributed by atoms with Gasteiger partial charge in [0, 0.05) is 6.54 Å². The normalized spacial score (nSPS) is 13.5. The summed E-state index contributed by atoms with van der Waals surface area (Å²) in [5.41, 5.74) is 2.26. The summed E-state index contributed by atoms with van der Waals surface area (Å²) in [6, 6.07) is 6.01. The number of benzene rings is 1. The number of hydrogen-bond acceptors (Lipinski definition) is 2. The molecule has 3 heteroatoms. The summed E-state index contributed by atoms with van der Waals surface area (Å²) in [7, 11) is 0. The van der Waals surface area contributed by atoms with E-state index in [2.05, 4.69) is 25.2 Å². The molecule has 22 heavy (non-hydrogen) atoms. The monoisotopic (exact) mass is 305 g/mol. The van der Waals surface area contributed by atoms with E-state index in [0.717, 1.165) is 24.3 Å². The van der Waals surface area contributed by atoms with Gasteiger partial charge in [0.05, 0.1) is 0 Å². The maximum atomic E-state index is 12.2. The first-order chi connectivity index (χ1) is 10.5. The van der Waals surface area contributed by atoms with Crippen molar-refractivity contribution in [2.45, 2.75) is 66.4 Å². The van der Waals surface area contributed by atoms with Crippen molar-refractivity contribution >= 4 is 5.91 Å². The molecule has 0 bridgehead atoms. The van der Waals surface area contributed by atoms with E-state index in [9.17, 15) is 4.79 Å². The summed E-state index contributed by atoms with van der Waals surface area (Å²) in [4.78, 5) is 12.2. The molecule has 2 atom stereocenters. The van der Waals surface area contributed by atoms with Crippen LogP contribution in [0.1, 0.15) is 57.6 Å². The van der Waals surface area contributed by atoms with Gasteiger partial charge < -0.3 is 10.1 Å². The number of unbranched alkanes of at least 4 members (excludes halogenated alkanes) is 1. The van der Waals surface area contributed by atoms with E-state index in [4.69, 9.17) is 4.74 Å². The molecule has 0 saturated carbocycles. The van der Waals surface area contributed by atoms with Crippen LogP contribution in [0.5, 0.6) is 5.75 Å². The lowest BCUT2D eigenvalue weighted by Crippen LogP contribution is -2.38. The molecule has 1 amide bonds. The van der Waals surface area contributed by atoms with Crippen LogP contribution in [0.3, 0.4) is 0 Å². The number of aryl methyl sites for hydroxylation is 2. The van der Waals surface area contributed by atoms with Crippen molar-refractivity contribution in [1.29, 1.82) is 0 Å². The SMILES string of the molecule is CCCC[C@H](CC)CNC(=O)[C@H](C)Oc1ccc(C)cc1C. The van der Waals surface area contributed by atoms with Crippen LogP contribution in [-0.4, -0.2) is 18.6 Å². The predicted octanol–water partition coefficient (Wildman–Crippen LogP) is 4.40. The average Bonchev–Trinajstić information content (AvgIpc) is 2.49. The highest BCUT2D eigenvalue weighted by molar-refractivity contribution is 5.80. The number of carbonyl (C=O) groups is 1. The van der Waals surface area contributed by atoms with Crippen molar-refractivity contribution < 1.29 is 9.53 Å². The highest BCUT2D eigenvalue weighted by Crippen LogP contribution is 2.20. The van der Waals surface area contributed by atoms with Gasteiger partial charge in [-0.05, 0) is 44.7 Å². The van der Waals surface area contributed by atoms with Gasteiger partial charge in [0.15, 0.2) is 6.10 Å². The van der Waals surface area contributed by atoms with Crippen LogP contribution in [-0.2, 0) is 4.79 Å². The van der Waals surface area contributed by atoms with Gasteiger partial charge in [-0.2, -0.15) is 0 Å². The Balaban J connectivity index is 2.47. The summed E-state index contributed by atoms with van der Waals surface area (Å²) in [5, 5.41) is 3.03. The molecule has 0 heterocycles. The first-order valence-corrected chi connectivity index (χ1v) is 8.49. The van der Waals surface area contributed by atoms with Crippen molar-refractivity contribution in [2.24, 2.45) is 5.92 Å². The maximum Gasteiger partial charge on any atom is 0.260 e. The van der Waals surface area contributed by atoms with Crippen LogP contribution in [0.4, 0.5) is 0 Å². The molecule has 1 rings (SSSR count). The second-order valence-electron chi connectivity index (χ2n) is 6.19. The zero-order valence-electron chi connectivity index (χ0n) is 14.7. The predicted molar refractivity (Wildman–Crippen MR) is 92.3 cm³/mol. The number of carbonyl (C=O) groups excluding carboxylic acids is 1. The molecule has 124 valence electrons. The Morgan fingerprint density at radius 3 is 2.59 bits per heavy atom. The van der Waals surface area contributed by atoms with E-state index >= 15 is 0 Å². The molecule has 0 spiro atoms. The third-order valence-electron chi connectivity index (χ3n) is 4.11. The molecule has 3 nitrogen and oxygen atoms in total. The molecule has 0 aliphatic carbocycles. The molecule has 0 fully saturated rings. The molecule has 1 N–H and O–H groups in total. The largest absolute Gasteiger partial charge is 0.481 e. The Bertz CT molecular complexity index is 471. The fourth-order valence-corrected chi connectivity index (χ4v) is 2.51. The molecule has 0 aliphatic heterocycles. The van der Waals surface area contributed by atoms with E-state index in [1.165, 1.54) is 24.8 Å². The van der Waals surface area contributed by atoms with Crippen LogP contribution in [0, 0.1) is 19.8 Å². The molecule has 0 radical (unpaired) electrons. The fraction of sp³-hybridized carbons (Fsp3) is 0.632. The summed E-state index contributed by atoms with van der Waals surface area (Å²) < 4.78 is 5.80. The van der Waals surface area contributed by atoms with Crippen LogP contribution < -0.4 is 10.1 Å². The van der Waals surface area contributed by atoms with Crippen LogP contribution in [0.2, 0.25) is 0 Å². The average molecular weight is 305 g/mol. The van der Waals surface area contributed by atoms with Crippen LogP contribution in [0.15, 0.2) is 18.2 Å². The second kappa shape index (κ2) is 9.50. The summed E-state index contributed by atoms with van der Waals surface area (Å²) in [6.07, 6.45) is 4.25. The minimum atomic E-state index is -0.468. The van der Waals surface area contributed by atoms with Crippen LogP contribution >= 0.6 is 0 Å². The molecule has 0 saturated heterocycles. The fourth-order valence-electron chi connectivity index (χ4n) is 2.51. The Morgan fingerprint density at radius 2 is 2.00 bits per heavy atom. The number of amides is 1. The van der Waals surface area contributed by atoms with Gasteiger partial charge in [-0.25, -0.2) is 0 Å². The number of ether oxygens (including phenoxy) is 1. The van der Waals surface area contributed by atoms with Gasteiger partial charge in [-0.1, -0.05) is 50.8 Å². The number of nitrogens with one attached hydrogen (secondary N) is 1. The van der Waals surface area contributed by atoms with E-state index in [0.29, 0.717) is 5.92 Å². The van der Waals surface area contributed by atoms with Gasteiger partial charge in [0.2, 0.25) is 0 Å². The molecule has 0 aromatic heterocycles. The number of rotatable bonds is 9. The highest BCUT2D eigenvalue weighted by Gasteiger charge is 2.16. The minimum absolute atomic E-state index is 0.0325. The van der Waals surface area contributed by atoms with Gasteiger partial charge in [-0.15, -0.1) is 0 Å². The van der Waals surface area contributed by atoms with Gasteiger partial charge >= 0.3 is 0 Å². The van der Waals surface area contributed by atoms with E-state index in [-0.39, 0.29) is 5.91 Å². The van der Waals surface area contributed by atoms with Gasteiger partial charge in [0.1, 0.15) is 5.75 Å². The molecule has 1 aromatic carbocycles. The first kappa shape index (κ1) is 18.5. The Hall–Kier alpha value is -1.51. The highest BCUT2D eigenvalue weighted by atomic mass is 16.5. The van der Waals surface area contributed by atoms with Crippen LogP contribution in [0.25, 0.3) is 0 Å². The lowest BCUT2D eigenvalue weighted by atomic mass is 9.99. The zero-order chi connectivity index (χ0) is 16.5. The topological polar surface area (TPSA) is 38.3 Å². The maximum absolute atomic E-state index is 12.2. The van der Waals surface area contributed by atoms with Crippen molar-refractivity contribution in [3.63, 3.8) is 0 Å². The van der Waals surface area contributed by atoms with Gasteiger partial charge in [0.25, 0.3) is 5.91 Å². The Kier molecular flexibility index (Phi) is 8.00. The molecular formula is C19H31NO2. The molecule has 0 aliphatic rings. The lowest BCUT2D eigenvalue weighted by molar-refractivity contribution is -0.127. The first-order valence-electron chi connectivity index (χ1n) is 8.49. The second-order valence-corrected chi connectivity index (χ2v) is 6.19. The smallest absolute Gasteiger partial charge is 0.260 e. The third-order valence-corrected chi connectivity index (χ3v) is 4.11. The zero-order valence-corrected chi connectivity index (χ0v) is 14.7. The van der Waals surface area contributed by atoms with Crippen molar-refractivity contribution in [3.05, 3.63) is 29.3 Å². The quantitative estimate of drug-likeness (QED) is 0.734. The van der Waals surface area contributed by atoms with E-state index in [1.54, 1.807) is 0 Å². The molecule has 1 aromatic rings. The van der Waals surface area contributed by atoms with Crippen molar-refractivity contribution in [3.8, 4) is 5.75 Å². The Morgan fingerprint density at radius 1 is 1.27 bits per heavy atom. The van der Waals surface area contributed by atoms with E-state index < -0.39 is 6.10 Å². The Labute approximate surface area is 135 Å². The summed E-state index contributed by atoms with van der Waals surface area (Å²) in [6.45, 7) is 11.0. The standard InChI is InChI=1S/C19H31NO2/c1-6-8-9-17(7-2)13-20-19(21)16(5)22-18-11-10-14(3)12-15(18)4/h10-12,16-17H,6-9,13H2,1-5H3,(H,20,21)/t16-,17-/m0/s1. The minimum Gasteiger partial charge on any atom is -0.481 e. The summed E-state index contributed by atoms with van der Waals surface area (Å²) >= 11 is 0. The lowest BCUT2D eigenvalue weighted by Gasteiger charge is -2.19. The van der Waals surface area contributed by atoms with Crippen molar-refractivity contribution in [1.82, 2.24) is 5.32 Å². The molecule has 0 unspecified atom stereocenters. The molecular weight excluding hydrogens is 274 g/mol. The van der Waals surface area contributed by atoms with Crippen molar-refractivity contribution in [2.75, 3.05) is 6.54 Å². The third kappa shape index (κ3) is 6.08. The van der Waals surface area contributed by atoms with E-state index in [1.807, 2.05) is 32.9 Å².